The van der Waals surface area contributed by atoms with Gasteiger partial charge in [0.2, 0.25) is 0 Å². The van der Waals surface area contributed by atoms with Gasteiger partial charge in [-0.1, -0.05) is 30.3 Å². The number of pyridine rings is 1. The lowest BCUT2D eigenvalue weighted by Gasteiger charge is -2.37. The first-order valence-electron chi connectivity index (χ1n) is 9.35. The first-order chi connectivity index (χ1) is 13.2. The van der Waals surface area contributed by atoms with E-state index in [1.807, 2.05) is 12.1 Å². The summed E-state index contributed by atoms with van der Waals surface area (Å²) in [6, 6.07) is 12.4. The van der Waals surface area contributed by atoms with Crippen molar-refractivity contribution in [1.29, 1.82) is 0 Å². The number of primary amides is 1. The van der Waals surface area contributed by atoms with Gasteiger partial charge in [0.25, 0.3) is 5.91 Å². The van der Waals surface area contributed by atoms with Crippen molar-refractivity contribution >= 4 is 22.6 Å². The number of fused-ring (bicyclic) bond motifs is 1. The highest BCUT2D eigenvalue weighted by molar-refractivity contribution is 6.05. The van der Waals surface area contributed by atoms with Crippen LogP contribution in [-0.2, 0) is 0 Å². The maximum atomic E-state index is 11.9. The topological polar surface area (TPSA) is 104 Å². The van der Waals surface area contributed by atoms with Crippen LogP contribution in [0, 0.1) is 5.92 Å². The molecular weight excluding hydrogens is 340 g/mol. The molecular formula is C21H24N4O2. The number of aliphatic hydroxyl groups excluding tert-OH is 1. The second-order valence-corrected chi connectivity index (χ2v) is 7.27. The summed E-state index contributed by atoms with van der Waals surface area (Å²) in [5.74, 6) is 0.0418. The first-order valence-corrected chi connectivity index (χ1v) is 9.35. The Bertz CT molecular complexity index is 938. The van der Waals surface area contributed by atoms with Crippen molar-refractivity contribution in [3.05, 3.63) is 59.9 Å². The van der Waals surface area contributed by atoms with Crippen LogP contribution >= 0.6 is 0 Å². The Kier molecular flexibility index (Phi) is 4.81. The molecule has 3 aromatic rings. The summed E-state index contributed by atoms with van der Waals surface area (Å²) in [5, 5.41) is 14.4. The van der Waals surface area contributed by atoms with Crippen LogP contribution in [0.5, 0.6) is 0 Å². The van der Waals surface area contributed by atoms with Crippen molar-refractivity contribution < 1.29 is 9.90 Å². The summed E-state index contributed by atoms with van der Waals surface area (Å²) >= 11 is 0. The van der Waals surface area contributed by atoms with Gasteiger partial charge < -0.3 is 21.1 Å². The standard InChI is InChI=1S/C21H24N4O2/c22-20(27)17-11-24-21-16(8-9-23-21)19(17)25-18-7-6-14(10-15(18)12-26)13-4-2-1-3-5-13/h1-5,8-9,11,14-15,18,26H,6-7,10,12H2,(H2,22,27)(H2,23,24,25)/t14-,15?,18-/m1/s1. The zero-order valence-electron chi connectivity index (χ0n) is 15.1. The van der Waals surface area contributed by atoms with Crippen LogP contribution in [0.1, 0.15) is 41.1 Å². The Morgan fingerprint density at radius 2 is 2.07 bits per heavy atom. The molecule has 1 amide bonds. The van der Waals surface area contributed by atoms with Crippen LogP contribution in [0.3, 0.4) is 0 Å². The van der Waals surface area contributed by atoms with Crippen molar-refractivity contribution in [3.63, 3.8) is 0 Å². The number of aliphatic hydroxyl groups is 1. The number of hydrogen-bond acceptors (Lipinski definition) is 4. The quantitative estimate of drug-likeness (QED) is 0.558. The Morgan fingerprint density at radius 1 is 1.26 bits per heavy atom. The number of carbonyl (C=O) groups excluding carboxylic acids is 1. The number of carbonyl (C=O) groups is 1. The summed E-state index contributed by atoms with van der Waals surface area (Å²) < 4.78 is 0. The number of H-pyrrole nitrogens is 1. The lowest BCUT2D eigenvalue weighted by Crippen LogP contribution is -2.37. The molecule has 0 aliphatic heterocycles. The predicted molar refractivity (Wildman–Crippen MR) is 106 cm³/mol. The molecule has 1 saturated carbocycles. The molecule has 1 fully saturated rings. The van der Waals surface area contributed by atoms with Gasteiger partial charge in [0.05, 0.1) is 11.3 Å². The van der Waals surface area contributed by atoms with E-state index >= 15 is 0 Å². The second kappa shape index (κ2) is 7.40. The molecule has 27 heavy (non-hydrogen) atoms. The van der Waals surface area contributed by atoms with Gasteiger partial charge in [0, 0.05) is 36.3 Å². The molecule has 0 spiro atoms. The van der Waals surface area contributed by atoms with Gasteiger partial charge in [-0.3, -0.25) is 4.79 Å². The van der Waals surface area contributed by atoms with E-state index in [1.54, 1.807) is 6.20 Å². The zero-order chi connectivity index (χ0) is 18.8. The fraction of sp³-hybridized carbons (Fsp3) is 0.333. The van der Waals surface area contributed by atoms with Gasteiger partial charge in [-0.15, -0.1) is 0 Å². The number of hydrogen-bond donors (Lipinski definition) is 4. The molecule has 5 N–H and O–H groups in total. The van der Waals surface area contributed by atoms with E-state index in [0.29, 0.717) is 22.8 Å². The third-order valence-corrected chi connectivity index (χ3v) is 5.67. The third-order valence-electron chi connectivity index (χ3n) is 5.67. The zero-order valence-corrected chi connectivity index (χ0v) is 15.1. The molecule has 1 aliphatic carbocycles. The normalized spacial score (nSPS) is 22.6. The minimum atomic E-state index is -0.508. The molecule has 0 radical (unpaired) electrons. The van der Waals surface area contributed by atoms with E-state index < -0.39 is 5.91 Å². The number of anilines is 1. The molecule has 6 nitrogen and oxygen atoms in total. The summed E-state index contributed by atoms with van der Waals surface area (Å²) in [4.78, 5) is 19.2. The fourth-order valence-electron chi connectivity index (χ4n) is 4.22. The van der Waals surface area contributed by atoms with E-state index in [1.165, 1.54) is 11.8 Å². The summed E-state index contributed by atoms with van der Waals surface area (Å²) in [7, 11) is 0. The Labute approximate surface area is 157 Å². The summed E-state index contributed by atoms with van der Waals surface area (Å²) in [6.07, 6.45) is 6.16. The molecule has 0 bridgehead atoms. The SMILES string of the molecule is NC(=O)c1cnc2[nH]ccc2c1N[C@@H]1CC[C@@H](c2ccccc2)CC1CO. The number of rotatable bonds is 5. The highest BCUT2D eigenvalue weighted by Crippen LogP contribution is 2.38. The van der Waals surface area contributed by atoms with Crippen molar-refractivity contribution in [3.8, 4) is 0 Å². The lowest BCUT2D eigenvalue weighted by atomic mass is 9.75. The minimum Gasteiger partial charge on any atom is -0.396 e. The second-order valence-electron chi connectivity index (χ2n) is 7.27. The number of benzene rings is 1. The molecule has 0 saturated heterocycles. The van der Waals surface area contributed by atoms with Crippen molar-refractivity contribution in [1.82, 2.24) is 9.97 Å². The van der Waals surface area contributed by atoms with E-state index in [9.17, 15) is 9.90 Å². The molecule has 2 heterocycles. The predicted octanol–water partition coefficient (Wildman–Crippen LogP) is 3.02. The number of nitrogens with two attached hydrogens (primary N) is 1. The van der Waals surface area contributed by atoms with Gasteiger partial charge >= 0.3 is 0 Å². The van der Waals surface area contributed by atoms with Crippen molar-refractivity contribution in [2.24, 2.45) is 11.7 Å². The molecule has 4 rings (SSSR count). The average molecular weight is 364 g/mol. The summed E-state index contributed by atoms with van der Waals surface area (Å²) in [6.45, 7) is 0.105. The number of aromatic nitrogens is 2. The van der Waals surface area contributed by atoms with Crippen LogP contribution in [0.2, 0.25) is 0 Å². The highest BCUT2D eigenvalue weighted by Gasteiger charge is 2.32. The van der Waals surface area contributed by atoms with Gasteiger partial charge in [-0.05, 0) is 36.8 Å². The number of nitrogens with zero attached hydrogens (tertiary/aromatic N) is 1. The van der Waals surface area contributed by atoms with Crippen LogP contribution in [-0.4, -0.2) is 33.6 Å². The maximum Gasteiger partial charge on any atom is 0.252 e. The minimum absolute atomic E-state index is 0.0774. The van der Waals surface area contributed by atoms with Crippen LogP contribution in [0.15, 0.2) is 48.8 Å². The molecule has 1 aliphatic rings. The maximum absolute atomic E-state index is 11.9. The van der Waals surface area contributed by atoms with Crippen LogP contribution in [0.25, 0.3) is 11.0 Å². The molecule has 2 aromatic heterocycles. The number of aromatic amines is 1. The number of amides is 1. The van der Waals surface area contributed by atoms with Gasteiger partial charge in [0.15, 0.2) is 0 Å². The third kappa shape index (κ3) is 3.40. The van der Waals surface area contributed by atoms with E-state index in [2.05, 4.69) is 39.6 Å². The van der Waals surface area contributed by atoms with Crippen molar-refractivity contribution in [2.45, 2.75) is 31.2 Å². The Hall–Kier alpha value is -2.86. The monoisotopic (exact) mass is 364 g/mol. The summed E-state index contributed by atoms with van der Waals surface area (Å²) in [5.41, 5.74) is 8.68. The van der Waals surface area contributed by atoms with E-state index in [4.69, 9.17) is 5.73 Å². The van der Waals surface area contributed by atoms with Crippen LogP contribution in [0.4, 0.5) is 5.69 Å². The smallest absolute Gasteiger partial charge is 0.252 e. The lowest BCUT2D eigenvalue weighted by molar-refractivity contribution is 0.100. The largest absolute Gasteiger partial charge is 0.396 e. The number of nitrogens with one attached hydrogen (secondary N) is 2. The molecule has 1 aromatic carbocycles. The molecule has 140 valence electrons. The van der Waals surface area contributed by atoms with Crippen LogP contribution < -0.4 is 11.1 Å². The van der Waals surface area contributed by atoms with Gasteiger partial charge in [-0.2, -0.15) is 0 Å². The van der Waals surface area contributed by atoms with Gasteiger partial charge in [0.1, 0.15) is 5.65 Å². The molecule has 6 heteroatoms. The van der Waals surface area contributed by atoms with Crippen molar-refractivity contribution in [2.75, 3.05) is 11.9 Å². The van der Waals surface area contributed by atoms with Gasteiger partial charge in [-0.25, -0.2) is 4.98 Å². The highest BCUT2D eigenvalue weighted by atomic mass is 16.3. The first kappa shape index (κ1) is 17.5. The Balaban J connectivity index is 1.60. The molecule has 1 unspecified atom stereocenters. The Morgan fingerprint density at radius 3 is 2.81 bits per heavy atom. The van der Waals surface area contributed by atoms with E-state index in [-0.39, 0.29) is 18.6 Å². The fourth-order valence-corrected chi connectivity index (χ4v) is 4.22. The average Bonchev–Trinajstić information content (AvgIpc) is 3.18. The molecule has 3 atom stereocenters. The van der Waals surface area contributed by atoms with E-state index in [0.717, 1.165) is 24.6 Å².